The predicted molar refractivity (Wildman–Crippen MR) is 87.5 cm³/mol. The van der Waals surface area contributed by atoms with Gasteiger partial charge in [-0.2, -0.15) is 0 Å². The van der Waals surface area contributed by atoms with Gasteiger partial charge in [-0.05, 0) is 44.5 Å². The molecule has 0 unspecified atom stereocenters. The maximum absolute atomic E-state index is 12.1. The van der Waals surface area contributed by atoms with Crippen molar-refractivity contribution in [3.05, 3.63) is 17.0 Å². The molecule has 0 amide bonds. The zero-order valence-corrected chi connectivity index (χ0v) is 14.5. The lowest BCUT2D eigenvalue weighted by atomic mass is 10.3. The molecule has 21 heavy (non-hydrogen) atoms. The first kappa shape index (κ1) is 18.6. The van der Waals surface area contributed by atoms with E-state index in [1.54, 1.807) is 6.07 Å². The van der Waals surface area contributed by atoms with Crippen molar-refractivity contribution in [1.29, 1.82) is 0 Å². The Morgan fingerprint density at radius 3 is 2.71 bits per heavy atom. The number of hydrogen-bond acceptors (Lipinski definition) is 5. The largest absolute Gasteiger partial charge is 0.381 e. The van der Waals surface area contributed by atoms with Gasteiger partial charge < -0.3 is 10.1 Å². The molecule has 1 aromatic heterocycles. The standard InChI is InChI=1S/C14H26N2O3S2/c1-3-11-19-12-5-9-16-21(17,18)14-7-6-13(20-14)8-10-15-4-2/h6-7,15-16H,3-5,8-12H2,1-2H3. The first-order valence-corrected chi connectivity index (χ1v) is 9.77. The molecule has 0 fully saturated rings. The number of nitrogens with one attached hydrogen (secondary N) is 2. The Morgan fingerprint density at radius 1 is 1.19 bits per heavy atom. The van der Waals surface area contributed by atoms with Crippen LogP contribution in [0.3, 0.4) is 0 Å². The number of ether oxygens (including phenoxy) is 1. The molecule has 0 spiro atoms. The van der Waals surface area contributed by atoms with Gasteiger partial charge in [-0.3, -0.25) is 0 Å². The second-order valence-corrected chi connectivity index (χ2v) is 7.85. The zero-order valence-electron chi connectivity index (χ0n) is 12.9. The van der Waals surface area contributed by atoms with Crippen LogP contribution in [0, 0.1) is 0 Å². The fraction of sp³-hybridized carbons (Fsp3) is 0.714. The molecule has 1 aromatic rings. The van der Waals surface area contributed by atoms with E-state index < -0.39 is 10.0 Å². The summed E-state index contributed by atoms with van der Waals surface area (Å²) in [4.78, 5) is 1.09. The highest BCUT2D eigenvalue weighted by Gasteiger charge is 2.15. The highest BCUT2D eigenvalue weighted by atomic mass is 32.2. The maximum atomic E-state index is 12.1. The number of likely N-dealkylation sites (N-methyl/N-ethyl adjacent to an activating group) is 1. The molecule has 0 saturated carbocycles. The van der Waals surface area contributed by atoms with E-state index in [1.165, 1.54) is 11.3 Å². The van der Waals surface area contributed by atoms with E-state index in [9.17, 15) is 8.42 Å². The van der Waals surface area contributed by atoms with Crippen LogP contribution in [-0.4, -0.2) is 41.3 Å². The Kier molecular flexibility index (Phi) is 9.10. The van der Waals surface area contributed by atoms with E-state index in [0.717, 1.165) is 37.4 Å². The van der Waals surface area contributed by atoms with Gasteiger partial charge in [-0.15, -0.1) is 11.3 Å². The zero-order chi connectivity index (χ0) is 15.6. The Balaban J connectivity index is 2.36. The number of sulfonamides is 1. The van der Waals surface area contributed by atoms with Crippen molar-refractivity contribution >= 4 is 21.4 Å². The van der Waals surface area contributed by atoms with Gasteiger partial charge >= 0.3 is 0 Å². The molecule has 0 aromatic carbocycles. The molecule has 1 heterocycles. The quantitative estimate of drug-likeness (QED) is 0.574. The van der Waals surface area contributed by atoms with Gasteiger partial charge in [-0.25, -0.2) is 13.1 Å². The van der Waals surface area contributed by atoms with Crippen molar-refractivity contribution in [3.8, 4) is 0 Å². The Bertz CT molecular complexity index is 486. The molecule has 0 saturated heterocycles. The topological polar surface area (TPSA) is 67.4 Å². The lowest BCUT2D eigenvalue weighted by Gasteiger charge is -2.05. The molecule has 122 valence electrons. The van der Waals surface area contributed by atoms with E-state index in [1.807, 2.05) is 13.0 Å². The van der Waals surface area contributed by atoms with Crippen LogP contribution in [0.15, 0.2) is 16.3 Å². The average molecular weight is 335 g/mol. The monoisotopic (exact) mass is 334 g/mol. The summed E-state index contributed by atoms with van der Waals surface area (Å²) in [6, 6.07) is 3.57. The van der Waals surface area contributed by atoms with Gasteiger partial charge in [0.05, 0.1) is 0 Å². The second kappa shape index (κ2) is 10.3. The highest BCUT2D eigenvalue weighted by molar-refractivity contribution is 7.91. The molecule has 2 N–H and O–H groups in total. The summed E-state index contributed by atoms with van der Waals surface area (Å²) in [5.74, 6) is 0. The van der Waals surface area contributed by atoms with Crippen LogP contribution >= 0.6 is 11.3 Å². The average Bonchev–Trinajstić information content (AvgIpc) is 2.93. The van der Waals surface area contributed by atoms with E-state index in [4.69, 9.17) is 4.74 Å². The Hall–Kier alpha value is -0.470. The minimum absolute atomic E-state index is 0.392. The first-order valence-electron chi connectivity index (χ1n) is 7.47. The van der Waals surface area contributed by atoms with Crippen LogP contribution in [0.25, 0.3) is 0 Å². The van der Waals surface area contributed by atoms with Crippen LogP contribution in [0.2, 0.25) is 0 Å². The van der Waals surface area contributed by atoms with Crippen molar-refractivity contribution in [3.63, 3.8) is 0 Å². The van der Waals surface area contributed by atoms with E-state index in [2.05, 4.69) is 17.0 Å². The molecule has 0 aliphatic carbocycles. The summed E-state index contributed by atoms with van der Waals surface area (Å²) < 4.78 is 32.5. The summed E-state index contributed by atoms with van der Waals surface area (Å²) >= 11 is 1.34. The molecule has 0 bridgehead atoms. The summed E-state index contributed by atoms with van der Waals surface area (Å²) in [7, 11) is -3.37. The normalized spacial score (nSPS) is 11.9. The second-order valence-electron chi connectivity index (χ2n) is 4.69. The third-order valence-corrected chi connectivity index (χ3v) is 5.90. The summed E-state index contributed by atoms with van der Waals surface area (Å²) in [6.45, 7) is 7.64. The van der Waals surface area contributed by atoms with Crippen molar-refractivity contribution < 1.29 is 13.2 Å². The van der Waals surface area contributed by atoms with Gasteiger partial charge in [0.2, 0.25) is 10.0 Å². The van der Waals surface area contributed by atoms with Gasteiger partial charge in [0.25, 0.3) is 0 Å². The van der Waals surface area contributed by atoms with Crippen LogP contribution < -0.4 is 10.0 Å². The minimum atomic E-state index is -3.37. The number of hydrogen-bond donors (Lipinski definition) is 2. The van der Waals surface area contributed by atoms with Crippen molar-refractivity contribution in [2.24, 2.45) is 0 Å². The van der Waals surface area contributed by atoms with Gasteiger partial charge in [0.15, 0.2) is 0 Å². The number of thiophene rings is 1. The summed E-state index contributed by atoms with van der Waals surface area (Å²) in [6.07, 6.45) is 2.54. The van der Waals surface area contributed by atoms with E-state index >= 15 is 0 Å². The molecule has 0 radical (unpaired) electrons. The third kappa shape index (κ3) is 7.37. The first-order chi connectivity index (χ1) is 10.1. The van der Waals surface area contributed by atoms with Gasteiger partial charge in [0, 0.05) is 24.6 Å². The summed E-state index contributed by atoms with van der Waals surface area (Å²) in [5, 5.41) is 3.23. The lowest BCUT2D eigenvalue weighted by molar-refractivity contribution is 0.133. The van der Waals surface area contributed by atoms with Gasteiger partial charge in [-0.1, -0.05) is 13.8 Å². The van der Waals surface area contributed by atoms with E-state index in [-0.39, 0.29) is 0 Å². The Labute approximate surface area is 132 Å². The van der Waals surface area contributed by atoms with E-state index in [0.29, 0.717) is 23.8 Å². The minimum Gasteiger partial charge on any atom is -0.381 e. The van der Waals surface area contributed by atoms with Crippen LogP contribution in [0.4, 0.5) is 0 Å². The smallest absolute Gasteiger partial charge is 0.250 e. The fourth-order valence-electron chi connectivity index (χ4n) is 1.72. The summed E-state index contributed by atoms with van der Waals surface area (Å²) in [5.41, 5.74) is 0. The molecule has 0 atom stereocenters. The van der Waals surface area contributed by atoms with Gasteiger partial charge in [0.1, 0.15) is 4.21 Å². The number of rotatable bonds is 12. The van der Waals surface area contributed by atoms with Crippen molar-refractivity contribution in [2.45, 2.75) is 37.3 Å². The van der Waals surface area contributed by atoms with Crippen molar-refractivity contribution in [2.75, 3.05) is 32.8 Å². The molecular formula is C14H26N2O3S2. The fourth-order valence-corrected chi connectivity index (χ4v) is 4.20. The molecular weight excluding hydrogens is 308 g/mol. The highest BCUT2D eigenvalue weighted by Crippen LogP contribution is 2.21. The molecule has 1 rings (SSSR count). The van der Waals surface area contributed by atoms with Crippen LogP contribution in [0.1, 0.15) is 31.6 Å². The molecule has 7 heteroatoms. The maximum Gasteiger partial charge on any atom is 0.250 e. The third-order valence-electron chi connectivity index (χ3n) is 2.81. The van der Waals surface area contributed by atoms with Crippen LogP contribution in [-0.2, 0) is 21.2 Å². The SMILES string of the molecule is CCCOCCCNS(=O)(=O)c1ccc(CCNCC)s1. The van der Waals surface area contributed by atoms with Crippen molar-refractivity contribution in [1.82, 2.24) is 10.0 Å². The van der Waals surface area contributed by atoms with Crippen LogP contribution in [0.5, 0.6) is 0 Å². The molecule has 0 aliphatic rings. The lowest BCUT2D eigenvalue weighted by Crippen LogP contribution is -2.24. The molecule has 0 aliphatic heterocycles. The molecule has 5 nitrogen and oxygen atoms in total. The predicted octanol–water partition coefficient (Wildman–Crippen LogP) is 2.00. The Morgan fingerprint density at radius 2 is 2.00 bits per heavy atom.